The fraction of sp³-hybridized carbons (Fsp3) is 0.429. The first-order chi connectivity index (χ1) is 17.8. The van der Waals surface area contributed by atoms with Crippen LogP contribution in [0, 0.1) is 0 Å². The molecule has 0 bridgehead atoms. The number of nitrogens with zero attached hydrogens (tertiary/aromatic N) is 2. The average Bonchev–Trinajstić information content (AvgIpc) is 3.48. The molecule has 4 amide bonds. The summed E-state index contributed by atoms with van der Waals surface area (Å²) in [6.07, 6.45) is 4.79. The summed E-state index contributed by atoms with van der Waals surface area (Å²) >= 11 is 12.8. The van der Waals surface area contributed by atoms with Gasteiger partial charge >= 0.3 is 0 Å². The van der Waals surface area contributed by atoms with Crippen molar-refractivity contribution in [1.82, 2.24) is 15.1 Å². The standard InChI is InChI=1S/C28H31Cl2N3O4/c1-2-24(26(35)31-18-9-3-4-10-18)33(17-21-22(29)13-7-14-23(21)30)25(34)15-8-16-32-27(36)19-11-5-6-12-20(19)28(32)37/h5-7,11-14,18,24H,2-4,8-10,15-17H2,1H3,(H,31,35)/t24-/m1/s1. The highest BCUT2D eigenvalue weighted by atomic mass is 35.5. The second-order valence-electron chi connectivity index (χ2n) is 9.55. The number of fused-ring (bicyclic) bond motifs is 1. The van der Waals surface area contributed by atoms with E-state index in [4.69, 9.17) is 23.2 Å². The summed E-state index contributed by atoms with van der Waals surface area (Å²) in [5.74, 6) is -1.16. The lowest BCUT2D eigenvalue weighted by molar-refractivity contribution is -0.141. The van der Waals surface area contributed by atoms with Crippen LogP contribution in [0.4, 0.5) is 0 Å². The lowest BCUT2D eigenvalue weighted by Crippen LogP contribution is -2.51. The van der Waals surface area contributed by atoms with Crippen LogP contribution in [0.5, 0.6) is 0 Å². The number of carbonyl (C=O) groups is 4. The first kappa shape index (κ1) is 27.1. The van der Waals surface area contributed by atoms with Gasteiger partial charge in [0.05, 0.1) is 11.1 Å². The Bertz CT molecular complexity index is 1140. The van der Waals surface area contributed by atoms with Crippen LogP contribution < -0.4 is 5.32 Å². The minimum atomic E-state index is -0.695. The molecule has 2 aromatic carbocycles. The molecule has 1 aliphatic heterocycles. The minimum absolute atomic E-state index is 0.0582. The molecule has 2 aliphatic rings. The molecule has 196 valence electrons. The van der Waals surface area contributed by atoms with Gasteiger partial charge in [-0.25, -0.2) is 0 Å². The quantitative estimate of drug-likeness (QED) is 0.415. The number of amides is 4. The van der Waals surface area contributed by atoms with E-state index in [2.05, 4.69) is 5.32 Å². The molecule has 9 heteroatoms. The molecular formula is C28H31Cl2N3O4. The number of halogens is 2. The van der Waals surface area contributed by atoms with Crippen LogP contribution in [-0.2, 0) is 16.1 Å². The van der Waals surface area contributed by atoms with Crippen LogP contribution >= 0.6 is 23.2 Å². The molecule has 7 nitrogen and oxygen atoms in total. The van der Waals surface area contributed by atoms with Crippen LogP contribution in [0.25, 0.3) is 0 Å². The Morgan fingerprint density at radius 1 is 1.00 bits per heavy atom. The van der Waals surface area contributed by atoms with Gasteiger partial charge in [-0.05, 0) is 49.9 Å². The van der Waals surface area contributed by atoms with E-state index in [9.17, 15) is 19.2 Å². The van der Waals surface area contributed by atoms with Crippen molar-refractivity contribution in [1.29, 1.82) is 0 Å². The predicted octanol–water partition coefficient (Wildman–Crippen LogP) is 5.24. The van der Waals surface area contributed by atoms with Crippen molar-refractivity contribution in [3.63, 3.8) is 0 Å². The second kappa shape index (κ2) is 12.1. The fourth-order valence-corrected chi connectivity index (χ4v) is 5.63. The van der Waals surface area contributed by atoms with Gasteiger partial charge in [0.2, 0.25) is 11.8 Å². The Morgan fingerprint density at radius 3 is 2.16 bits per heavy atom. The fourth-order valence-electron chi connectivity index (χ4n) is 5.11. The van der Waals surface area contributed by atoms with Gasteiger partial charge in [-0.3, -0.25) is 24.1 Å². The predicted molar refractivity (Wildman–Crippen MR) is 143 cm³/mol. The zero-order chi connectivity index (χ0) is 26.5. The van der Waals surface area contributed by atoms with E-state index in [1.807, 2.05) is 6.92 Å². The van der Waals surface area contributed by atoms with Crippen molar-refractivity contribution in [2.45, 2.75) is 70.5 Å². The molecule has 0 spiro atoms. The lowest BCUT2D eigenvalue weighted by Gasteiger charge is -2.32. The topological polar surface area (TPSA) is 86.8 Å². The van der Waals surface area contributed by atoms with Gasteiger partial charge in [-0.2, -0.15) is 0 Å². The summed E-state index contributed by atoms with van der Waals surface area (Å²) in [6, 6.07) is 11.3. The number of hydrogen-bond acceptors (Lipinski definition) is 4. The van der Waals surface area contributed by atoms with E-state index in [0.29, 0.717) is 33.2 Å². The highest BCUT2D eigenvalue weighted by Gasteiger charge is 2.35. The molecule has 1 N–H and O–H groups in total. The molecule has 1 atom stereocenters. The molecule has 1 aliphatic carbocycles. The molecule has 0 radical (unpaired) electrons. The van der Waals surface area contributed by atoms with E-state index in [1.54, 1.807) is 42.5 Å². The van der Waals surface area contributed by atoms with Crippen LogP contribution in [0.2, 0.25) is 10.0 Å². The molecule has 1 saturated carbocycles. The Kier molecular flexibility index (Phi) is 8.87. The van der Waals surface area contributed by atoms with Gasteiger partial charge in [0.25, 0.3) is 11.8 Å². The molecule has 4 rings (SSSR count). The summed E-state index contributed by atoms with van der Waals surface area (Å²) in [4.78, 5) is 54.8. The first-order valence-corrected chi connectivity index (χ1v) is 13.5. The van der Waals surface area contributed by atoms with Crippen molar-refractivity contribution < 1.29 is 19.2 Å². The monoisotopic (exact) mass is 543 g/mol. The molecule has 37 heavy (non-hydrogen) atoms. The van der Waals surface area contributed by atoms with E-state index < -0.39 is 6.04 Å². The minimum Gasteiger partial charge on any atom is -0.352 e. The number of hydrogen-bond donors (Lipinski definition) is 1. The highest BCUT2D eigenvalue weighted by Crippen LogP contribution is 2.28. The Hall–Kier alpha value is -2.90. The van der Waals surface area contributed by atoms with E-state index in [-0.39, 0.29) is 55.6 Å². The van der Waals surface area contributed by atoms with Gasteiger partial charge in [-0.15, -0.1) is 0 Å². The number of imide groups is 1. The van der Waals surface area contributed by atoms with Crippen molar-refractivity contribution in [3.8, 4) is 0 Å². The normalized spacial score (nSPS) is 16.1. The van der Waals surface area contributed by atoms with Gasteiger partial charge in [-0.1, -0.05) is 61.2 Å². The molecule has 0 unspecified atom stereocenters. The first-order valence-electron chi connectivity index (χ1n) is 12.8. The molecule has 1 fully saturated rings. The average molecular weight is 544 g/mol. The van der Waals surface area contributed by atoms with E-state index in [0.717, 1.165) is 25.7 Å². The summed E-state index contributed by atoms with van der Waals surface area (Å²) in [5.41, 5.74) is 1.33. The van der Waals surface area contributed by atoms with Crippen molar-refractivity contribution in [2.75, 3.05) is 6.54 Å². The van der Waals surface area contributed by atoms with E-state index in [1.165, 1.54) is 9.80 Å². The maximum absolute atomic E-state index is 13.5. The van der Waals surface area contributed by atoms with Gasteiger partial charge in [0, 0.05) is 41.2 Å². The number of rotatable bonds is 10. The Labute approximate surface area is 227 Å². The largest absolute Gasteiger partial charge is 0.352 e. The third-order valence-electron chi connectivity index (χ3n) is 7.13. The lowest BCUT2D eigenvalue weighted by atomic mass is 10.1. The smallest absolute Gasteiger partial charge is 0.261 e. The van der Waals surface area contributed by atoms with Crippen molar-refractivity contribution in [3.05, 3.63) is 69.2 Å². The second-order valence-corrected chi connectivity index (χ2v) is 10.4. The maximum Gasteiger partial charge on any atom is 0.261 e. The highest BCUT2D eigenvalue weighted by molar-refractivity contribution is 6.36. The Morgan fingerprint density at radius 2 is 1.59 bits per heavy atom. The SMILES string of the molecule is CC[C@H](C(=O)NC1CCCC1)N(Cc1c(Cl)cccc1Cl)C(=O)CCCN1C(=O)c2ccccc2C1=O. The summed E-state index contributed by atoms with van der Waals surface area (Å²) < 4.78 is 0. The van der Waals surface area contributed by atoms with Crippen LogP contribution in [0.3, 0.4) is 0 Å². The van der Waals surface area contributed by atoms with E-state index >= 15 is 0 Å². The number of nitrogens with one attached hydrogen (secondary N) is 1. The summed E-state index contributed by atoms with van der Waals surface area (Å²) in [5, 5.41) is 3.94. The molecular weight excluding hydrogens is 513 g/mol. The zero-order valence-electron chi connectivity index (χ0n) is 20.8. The van der Waals surface area contributed by atoms with Crippen LogP contribution in [0.15, 0.2) is 42.5 Å². The van der Waals surface area contributed by atoms with Gasteiger partial charge in [0.15, 0.2) is 0 Å². The molecule has 0 aromatic heterocycles. The maximum atomic E-state index is 13.5. The van der Waals surface area contributed by atoms with Crippen LogP contribution in [-0.4, -0.2) is 52.1 Å². The Balaban J connectivity index is 1.48. The van der Waals surface area contributed by atoms with Gasteiger partial charge in [0.1, 0.15) is 6.04 Å². The number of carbonyl (C=O) groups excluding carboxylic acids is 4. The molecule has 0 saturated heterocycles. The van der Waals surface area contributed by atoms with Crippen molar-refractivity contribution in [2.24, 2.45) is 0 Å². The third-order valence-corrected chi connectivity index (χ3v) is 7.84. The van der Waals surface area contributed by atoms with Crippen LogP contribution in [0.1, 0.15) is 78.1 Å². The molecule has 1 heterocycles. The molecule has 2 aromatic rings. The zero-order valence-corrected chi connectivity index (χ0v) is 22.4. The van der Waals surface area contributed by atoms with Gasteiger partial charge < -0.3 is 10.2 Å². The number of benzene rings is 2. The summed E-state index contributed by atoms with van der Waals surface area (Å²) in [6.45, 7) is 2.07. The van der Waals surface area contributed by atoms with Crippen molar-refractivity contribution >= 4 is 46.8 Å². The third kappa shape index (κ3) is 5.99. The summed E-state index contributed by atoms with van der Waals surface area (Å²) in [7, 11) is 0.